The second-order valence-corrected chi connectivity index (χ2v) is 7.58. The fraction of sp³-hybridized carbons (Fsp3) is 0.500. The van der Waals surface area contributed by atoms with Gasteiger partial charge in [-0.15, -0.1) is 0 Å². The van der Waals surface area contributed by atoms with Crippen molar-refractivity contribution in [3.05, 3.63) is 35.4 Å². The Labute approximate surface area is 157 Å². The monoisotopic (exact) mass is 369 g/mol. The van der Waals surface area contributed by atoms with Crippen molar-refractivity contribution in [3.8, 4) is 0 Å². The lowest BCUT2D eigenvalue weighted by molar-refractivity contribution is -0.133. The Bertz CT molecular complexity index is 774. The van der Waals surface area contributed by atoms with Crippen molar-refractivity contribution in [3.63, 3.8) is 0 Å². The topological polar surface area (TPSA) is 86.8 Å². The third-order valence-corrected chi connectivity index (χ3v) is 5.67. The van der Waals surface area contributed by atoms with Gasteiger partial charge in [-0.1, -0.05) is 12.1 Å². The highest BCUT2D eigenvalue weighted by molar-refractivity contribution is 6.22. The number of hydrogen-bond donors (Lipinski definition) is 1. The van der Waals surface area contributed by atoms with Crippen molar-refractivity contribution < 1.29 is 19.2 Å². The van der Waals surface area contributed by atoms with Gasteiger partial charge in [-0.2, -0.15) is 0 Å². The maximum Gasteiger partial charge on any atom is 0.262 e. The van der Waals surface area contributed by atoms with E-state index >= 15 is 0 Å². The molecule has 2 heterocycles. The van der Waals surface area contributed by atoms with Crippen molar-refractivity contribution in [1.29, 1.82) is 0 Å². The maximum atomic E-state index is 12.6. The van der Waals surface area contributed by atoms with E-state index in [4.69, 9.17) is 0 Å². The summed E-state index contributed by atoms with van der Waals surface area (Å²) in [6.45, 7) is 2.85. The van der Waals surface area contributed by atoms with Gasteiger partial charge in [0.2, 0.25) is 11.8 Å². The van der Waals surface area contributed by atoms with E-state index < -0.39 is 17.9 Å². The average Bonchev–Trinajstić information content (AvgIpc) is 3.49. The number of amides is 4. The molecule has 4 amide bonds. The molecule has 0 spiro atoms. The maximum absolute atomic E-state index is 12.6. The molecule has 1 aromatic carbocycles. The van der Waals surface area contributed by atoms with Gasteiger partial charge in [-0.3, -0.25) is 24.1 Å². The largest absolute Gasteiger partial charge is 0.351 e. The molecule has 7 heteroatoms. The van der Waals surface area contributed by atoms with Crippen LogP contribution in [0.2, 0.25) is 0 Å². The molecule has 1 unspecified atom stereocenters. The molecule has 1 aliphatic carbocycles. The molecule has 142 valence electrons. The molecule has 0 radical (unpaired) electrons. The van der Waals surface area contributed by atoms with Gasteiger partial charge in [-0.05, 0) is 44.7 Å². The zero-order valence-electron chi connectivity index (χ0n) is 15.3. The number of nitrogens with zero attached hydrogens (tertiary/aromatic N) is 2. The standard InChI is InChI=1S/C20H23N3O4/c1-12(23-19(26)15-4-2-3-5-16(15)20(23)27)17(24)21-14-8-10-22(11-9-14)18(25)13-6-7-13/h2-5,12-14H,6-11H2,1H3,(H,21,24). The van der Waals surface area contributed by atoms with Gasteiger partial charge in [0.05, 0.1) is 11.1 Å². The van der Waals surface area contributed by atoms with Gasteiger partial charge in [0.25, 0.3) is 11.8 Å². The molecule has 1 saturated heterocycles. The summed E-state index contributed by atoms with van der Waals surface area (Å²) >= 11 is 0. The van der Waals surface area contributed by atoms with E-state index in [2.05, 4.69) is 5.32 Å². The number of likely N-dealkylation sites (tertiary alicyclic amines) is 1. The fourth-order valence-electron chi connectivity index (χ4n) is 3.83. The number of hydrogen-bond acceptors (Lipinski definition) is 4. The molecule has 2 fully saturated rings. The number of fused-ring (bicyclic) bond motifs is 1. The fourth-order valence-corrected chi connectivity index (χ4v) is 3.83. The smallest absolute Gasteiger partial charge is 0.262 e. The molecule has 27 heavy (non-hydrogen) atoms. The second kappa shape index (κ2) is 6.79. The van der Waals surface area contributed by atoms with Gasteiger partial charge < -0.3 is 10.2 Å². The highest BCUT2D eigenvalue weighted by Crippen LogP contribution is 2.32. The van der Waals surface area contributed by atoms with Gasteiger partial charge >= 0.3 is 0 Å². The highest BCUT2D eigenvalue weighted by atomic mass is 16.2. The van der Waals surface area contributed by atoms with Gasteiger partial charge in [0.1, 0.15) is 6.04 Å². The Morgan fingerprint density at radius 2 is 1.56 bits per heavy atom. The zero-order valence-corrected chi connectivity index (χ0v) is 15.3. The molecule has 0 bridgehead atoms. The zero-order chi connectivity index (χ0) is 19.1. The SMILES string of the molecule is CC(C(=O)NC1CCN(C(=O)C2CC2)CC1)N1C(=O)c2ccccc2C1=O. The summed E-state index contributed by atoms with van der Waals surface area (Å²) in [6, 6.07) is 5.70. The number of carbonyl (C=O) groups is 4. The minimum Gasteiger partial charge on any atom is -0.351 e. The summed E-state index contributed by atoms with van der Waals surface area (Å²) in [7, 11) is 0. The van der Waals surface area contributed by atoms with Crippen molar-refractivity contribution in [2.45, 2.75) is 44.7 Å². The van der Waals surface area contributed by atoms with E-state index in [-0.39, 0.29) is 23.8 Å². The molecule has 1 aromatic rings. The first kappa shape index (κ1) is 17.7. The number of nitrogens with one attached hydrogen (secondary N) is 1. The summed E-state index contributed by atoms with van der Waals surface area (Å²) < 4.78 is 0. The molecule has 2 aliphatic heterocycles. The Hall–Kier alpha value is -2.70. The Morgan fingerprint density at radius 3 is 2.07 bits per heavy atom. The number of imide groups is 1. The number of benzene rings is 1. The summed E-state index contributed by atoms with van der Waals surface area (Å²) in [5.41, 5.74) is 0.683. The second-order valence-electron chi connectivity index (χ2n) is 7.58. The number of piperidine rings is 1. The van der Waals surface area contributed by atoms with E-state index in [1.165, 1.54) is 0 Å². The molecule has 1 N–H and O–H groups in total. The van der Waals surface area contributed by atoms with Crippen LogP contribution in [0.4, 0.5) is 0 Å². The van der Waals surface area contributed by atoms with E-state index in [9.17, 15) is 19.2 Å². The predicted octanol–water partition coefficient (Wildman–Crippen LogP) is 1.19. The first-order chi connectivity index (χ1) is 13.0. The molecule has 4 rings (SSSR count). The summed E-state index contributed by atoms with van der Waals surface area (Å²) in [4.78, 5) is 52.7. The predicted molar refractivity (Wildman–Crippen MR) is 96.9 cm³/mol. The lowest BCUT2D eigenvalue weighted by atomic mass is 10.0. The minimum atomic E-state index is -0.872. The van der Waals surface area contributed by atoms with Crippen LogP contribution in [0.5, 0.6) is 0 Å². The molecule has 1 atom stereocenters. The quantitative estimate of drug-likeness (QED) is 0.808. The van der Waals surface area contributed by atoms with Crippen LogP contribution >= 0.6 is 0 Å². The Kier molecular flexibility index (Phi) is 4.45. The van der Waals surface area contributed by atoms with E-state index in [0.29, 0.717) is 37.1 Å². The first-order valence-electron chi connectivity index (χ1n) is 9.53. The van der Waals surface area contributed by atoms with Crippen molar-refractivity contribution in [2.75, 3.05) is 13.1 Å². The molecular weight excluding hydrogens is 346 g/mol. The third kappa shape index (κ3) is 3.22. The van der Waals surface area contributed by atoms with Gasteiger partial charge in [-0.25, -0.2) is 0 Å². The van der Waals surface area contributed by atoms with Crippen LogP contribution in [0.1, 0.15) is 53.3 Å². The summed E-state index contributed by atoms with van der Waals surface area (Å²) in [6.07, 6.45) is 3.37. The summed E-state index contributed by atoms with van der Waals surface area (Å²) in [5, 5.41) is 2.94. The van der Waals surface area contributed by atoms with Crippen LogP contribution in [-0.4, -0.2) is 58.6 Å². The van der Waals surface area contributed by atoms with Crippen LogP contribution in [0, 0.1) is 5.92 Å². The van der Waals surface area contributed by atoms with Crippen molar-refractivity contribution in [2.24, 2.45) is 5.92 Å². The summed E-state index contributed by atoms with van der Waals surface area (Å²) in [5.74, 6) is -0.744. The van der Waals surface area contributed by atoms with E-state index in [1.54, 1.807) is 31.2 Å². The minimum absolute atomic E-state index is 0.0432. The van der Waals surface area contributed by atoms with Crippen molar-refractivity contribution in [1.82, 2.24) is 15.1 Å². The third-order valence-electron chi connectivity index (χ3n) is 5.67. The molecular formula is C20H23N3O4. The number of rotatable bonds is 4. The molecule has 3 aliphatic rings. The van der Waals surface area contributed by atoms with Gasteiger partial charge in [0, 0.05) is 25.0 Å². The van der Waals surface area contributed by atoms with E-state index in [0.717, 1.165) is 17.7 Å². The van der Waals surface area contributed by atoms with Crippen molar-refractivity contribution >= 4 is 23.6 Å². The Morgan fingerprint density at radius 1 is 1.00 bits per heavy atom. The van der Waals surface area contributed by atoms with E-state index in [1.807, 2.05) is 4.90 Å². The molecule has 7 nitrogen and oxygen atoms in total. The van der Waals surface area contributed by atoms with Crippen LogP contribution in [-0.2, 0) is 9.59 Å². The first-order valence-corrected chi connectivity index (χ1v) is 9.53. The van der Waals surface area contributed by atoms with Crippen LogP contribution in [0.25, 0.3) is 0 Å². The normalized spacial score (nSPS) is 21.2. The Balaban J connectivity index is 1.34. The lowest BCUT2D eigenvalue weighted by Crippen LogP contribution is -2.53. The highest BCUT2D eigenvalue weighted by Gasteiger charge is 2.41. The molecule has 0 aromatic heterocycles. The average molecular weight is 369 g/mol. The molecule has 1 saturated carbocycles. The van der Waals surface area contributed by atoms with Crippen LogP contribution in [0.15, 0.2) is 24.3 Å². The van der Waals surface area contributed by atoms with Crippen LogP contribution < -0.4 is 5.32 Å². The van der Waals surface area contributed by atoms with Gasteiger partial charge in [0.15, 0.2) is 0 Å². The lowest BCUT2D eigenvalue weighted by Gasteiger charge is -2.33. The number of carbonyl (C=O) groups excluding carboxylic acids is 4. The van der Waals surface area contributed by atoms with Crippen LogP contribution in [0.3, 0.4) is 0 Å².